The van der Waals surface area contributed by atoms with Crippen molar-refractivity contribution in [3.8, 4) is 0 Å². The van der Waals surface area contributed by atoms with Gasteiger partial charge in [-0.05, 0) is 18.2 Å². The van der Waals surface area contributed by atoms with Gasteiger partial charge in [-0.3, -0.25) is 0 Å². The van der Waals surface area contributed by atoms with Crippen LogP contribution in [0.1, 0.15) is 5.56 Å². The molecule has 2 N–H and O–H groups in total. The number of benzene rings is 1. The number of hydrogen-bond donors (Lipinski definition) is 1. The molecule has 0 radical (unpaired) electrons. The molecule has 0 amide bonds. The topological polar surface area (TPSA) is 45.4 Å². The molecular weight excluding hydrogens is 267 g/mol. The van der Waals surface area contributed by atoms with E-state index in [0.717, 1.165) is 37.6 Å². The molecule has 5 heteroatoms. The summed E-state index contributed by atoms with van der Waals surface area (Å²) in [7, 11) is 0. The second-order valence-electron chi connectivity index (χ2n) is 5.15. The molecule has 4 nitrogen and oxygen atoms in total. The van der Waals surface area contributed by atoms with E-state index in [-0.39, 0.29) is 5.82 Å². The number of aromatic nitrogens is 1. The van der Waals surface area contributed by atoms with E-state index in [4.69, 9.17) is 5.73 Å². The number of piperazine rings is 1. The van der Waals surface area contributed by atoms with E-state index in [1.165, 1.54) is 18.0 Å². The average Bonchev–Trinajstić information content (AvgIpc) is 2.56. The zero-order chi connectivity index (χ0) is 14.7. The lowest BCUT2D eigenvalue weighted by Crippen LogP contribution is -2.47. The highest BCUT2D eigenvalue weighted by molar-refractivity contribution is 5.51. The molecule has 0 spiro atoms. The summed E-state index contributed by atoms with van der Waals surface area (Å²) in [4.78, 5) is 8.75. The van der Waals surface area contributed by atoms with Gasteiger partial charge in [0.15, 0.2) is 0 Å². The van der Waals surface area contributed by atoms with Crippen molar-refractivity contribution in [1.82, 2.24) is 4.98 Å². The molecule has 1 aromatic heterocycles. The molecule has 2 heterocycles. The van der Waals surface area contributed by atoms with E-state index in [2.05, 4.69) is 39.0 Å². The van der Waals surface area contributed by atoms with Crippen LogP contribution in [0.4, 0.5) is 15.9 Å². The maximum absolute atomic E-state index is 13.2. The monoisotopic (exact) mass is 286 g/mol. The van der Waals surface area contributed by atoms with Crippen LogP contribution < -0.4 is 15.5 Å². The zero-order valence-corrected chi connectivity index (χ0v) is 11.9. The maximum atomic E-state index is 13.2. The van der Waals surface area contributed by atoms with Crippen molar-refractivity contribution in [2.45, 2.75) is 6.54 Å². The molecule has 0 saturated carbocycles. The van der Waals surface area contributed by atoms with Gasteiger partial charge < -0.3 is 15.5 Å². The SMILES string of the molecule is NCc1cc(F)cnc1N1CCN(c2ccccc2)CC1. The third-order valence-corrected chi connectivity index (χ3v) is 3.83. The quantitative estimate of drug-likeness (QED) is 0.937. The molecule has 3 rings (SSSR count). The molecule has 0 aliphatic carbocycles. The highest BCUT2D eigenvalue weighted by atomic mass is 19.1. The van der Waals surface area contributed by atoms with Crippen molar-refractivity contribution in [3.63, 3.8) is 0 Å². The second kappa shape index (κ2) is 6.10. The molecule has 0 unspecified atom stereocenters. The Labute approximate surface area is 124 Å². The van der Waals surface area contributed by atoms with Crippen LogP contribution in [0, 0.1) is 5.82 Å². The van der Waals surface area contributed by atoms with Crippen molar-refractivity contribution in [3.05, 3.63) is 54.0 Å². The summed E-state index contributed by atoms with van der Waals surface area (Å²) in [5.74, 6) is 0.480. The third-order valence-electron chi connectivity index (χ3n) is 3.83. The highest BCUT2D eigenvalue weighted by Crippen LogP contribution is 2.22. The fourth-order valence-corrected chi connectivity index (χ4v) is 2.72. The van der Waals surface area contributed by atoms with Crippen LogP contribution in [0.3, 0.4) is 0 Å². The minimum atomic E-state index is -0.331. The van der Waals surface area contributed by atoms with Crippen molar-refractivity contribution in [2.75, 3.05) is 36.0 Å². The highest BCUT2D eigenvalue weighted by Gasteiger charge is 2.20. The predicted octanol–water partition coefficient (Wildman–Crippen LogP) is 2.01. The van der Waals surface area contributed by atoms with E-state index < -0.39 is 0 Å². The first-order valence-corrected chi connectivity index (χ1v) is 7.17. The molecule has 1 aliphatic heterocycles. The van der Waals surface area contributed by atoms with Crippen LogP contribution >= 0.6 is 0 Å². The summed E-state index contributed by atoms with van der Waals surface area (Å²) in [6, 6.07) is 11.8. The molecule has 1 fully saturated rings. The first kappa shape index (κ1) is 13.8. The van der Waals surface area contributed by atoms with Gasteiger partial charge in [0.25, 0.3) is 0 Å². The normalized spacial score (nSPS) is 15.3. The van der Waals surface area contributed by atoms with Gasteiger partial charge in [0.1, 0.15) is 11.6 Å². The van der Waals surface area contributed by atoms with Crippen LogP contribution in [0.15, 0.2) is 42.6 Å². The molecule has 1 aromatic carbocycles. The number of nitrogens with zero attached hydrogens (tertiary/aromatic N) is 3. The summed E-state index contributed by atoms with van der Waals surface area (Å²) in [6.07, 6.45) is 1.26. The lowest BCUT2D eigenvalue weighted by atomic mass is 10.2. The Morgan fingerprint density at radius 1 is 1.05 bits per heavy atom. The van der Waals surface area contributed by atoms with Crippen LogP contribution in [0.5, 0.6) is 0 Å². The van der Waals surface area contributed by atoms with Crippen LogP contribution in [0.2, 0.25) is 0 Å². The fraction of sp³-hybridized carbons (Fsp3) is 0.312. The number of anilines is 2. The Balaban J connectivity index is 1.71. The Morgan fingerprint density at radius 2 is 1.71 bits per heavy atom. The number of para-hydroxylation sites is 1. The molecule has 1 saturated heterocycles. The number of halogens is 1. The average molecular weight is 286 g/mol. The van der Waals surface area contributed by atoms with Crippen molar-refractivity contribution in [2.24, 2.45) is 5.73 Å². The summed E-state index contributed by atoms with van der Waals surface area (Å²) in [5, 5.41) is 0. The van der Waals surface area contributed by atoms with E-state index in [1.54, 1.807) is 0 Å². The molecule has 110 valence electrons. The van der Waals surface area contributed by atoms with Gasteiger partial charge >= 0.3 is 0 Å². The summed E-state index contributed by atoms with van der Waals surface area (Å²) < 4.78 is 13.2. The Morgan fingerprint density at radius 3 is 2.38 bits per heavy atom. The minimum Gasteiger partial charge on any atom is -0.368 e. The first-order valence-electron chi connectivity index (χ1n) is 7.17. The Hall–Kier alpha value is -2.14. The smallest absolute Gasteiger partial charge is 0.141 e. The number of rotatable bonds is 3. The second-order valence-corrected chi connectivity index (χ2v) is 5.15. The van der Waals surface area contributed by atoms with Gasteiger partial charge in [0.05, 0.1) is 6.20 Å². The molecule has 1 aliphatic rings. The molecular formula is C16H19FN4. The molecule has 2 aromatic rings. The van der Waals surface area contributed by atoms with E-state index in [9.17, 15) is 4.39 Å². The third kappa shape index (κ3) is 2.97. The van der Waals surface area contributed by atoms with Gasteiger partial charge in [-0.15, -0.1) is 0 Å². The minimum absolute atomic E-state index is 0.305. The van der Waals surface area contributed by atoms with E-state index >= 15 is 0 Å². The van der Waals surface area contributed by atoms with E-state index in [0.29, 0.717) is 6.54 Å². The molecule has 0 bridgehead atoms. The molecule has 0 atom stereocenters. The predicted molar refractivity (Wildman–Crippen MR) is 83.0 cm³/mol. The van der Waals surface area contributed by atoms with E-state index in [1.807, 2.05) is 6.07 Å². The standard InChI is InChI=1S/C16H19FN4/c17-14-10-13(11-18)16(19-12-14)21-8-6-20(7-9-21)15-4-2-1-3-5-15/h1-5,10,12H,6-9,11,18H2. The Kier molecular flexibility index (Phi) is 4.01. The fourth-order valence-electron chi connectivity index (χ4n) is 2.72. The summed E-state index contributed by atoms with van der Waals surface area (Å²) >= 11 is 0. The summed E-state index contributed by atoms with van der Waals surface area (Å²) in [5.41, 5.74) is 7.71. The maximum Gasteiger partial charge on any atom is 0.141 e. The van der Waals surface area contributed by atoms with Crippen LogP contribution in [-0.4, -0.2) is 31.2 Å². The number of nitrogens with two attached hydrogens (primary N) is 1. The summed E-state index contributed by atoms with van der Waals surface area (Å²) in [6.45, 7) is 3.88. The van der Waals surface area contributed by atoms with Gasteiger partial charge in [-0.2, -0.15) is 0 Å². The van der Waals surface area contributed by atoms with Crippen molar-refractivity contribution < 1.29 is 4.39 Å². The van der Waals surface area contributed by atoms with Gasteiger partial charge in [0, 0.05) is 44.0 Å². The van der Waals surface area contributed by atoms with Crippen LogP contribution in [0.25, 0.3) is 0 Å². The van der Waals surface area contributed by atoms with Gasteiger partial charge in [-0.1, -0.05) is 18.2 Å². The number of hydrogen-bond acceptors (Lipinski definition) is 4. The zero-order valence-electron chi connectivity index (χ0n) is 11.9. The van der Waals surface area contributed by atoms with Crippen molar-refractivity contribution >= 4 is 11.5 Å². The van der Waals surface area contributed by atoms with Crippen LogP contribution in [-0.2, 0) is 6.54 Å². The Bertz CT molecular complexity index is 594. The van der Waals surface area contributed by atoms with Gasteiger partial charge in [-0.25, -0.2) is 9.37 Å². The molecule has 21 heavy (non-hydrogen) atoms. The van der Waals surface area contributed by atoms with Gasteiger partial charge in [0.2, 0.25) is 0 Å². The number of pyridine rings is 1. The lowest BCUT2D eigenvalue weighted by molar-refractivity contribution is 0.610. The lowest BCUT2D eigenvalue weighted by Gasteiger charge is -2.37. The first-order chi connectivity index (χ1) is 10.3. The largest absolute Gasteiger partial charge is 0.368 e. The van der Waals surface area contributed by atoms with Crippen molar-refractivity contribution in [1.29, 1.82) is 0 Å².